The van der Waals surface area contributed by atoms with Crippen molar-refractivity contribution < 1.29 is 14.7 Å². The highest BCUT2D eigenvalue weighted by Crippen LogP contribution is 2.05. The Morgan fingerprint density at radius 1 is 1.25 bits per heavy atom. The number of amides is 2. The number of carbonyl (C=O) groups is 2. The van der Waals surface area contributed by atoms with Crippen LogP contribution in [0.15, 0.2) is 0 Å². The van der Waals surface area contributed by atoms with Crippen LogP contribution in [-0.2, 0) is 4.79 Å². The number of nitrogens with zero attached hydrogens (tertiary/aromatic N) is 2. The van der Waals surface area contributed by atoms with E-state index >= 15 is 0 Å². The minimum absolute atomic E-state index is 0.102. The Balaban J connectivity index is 4.63. The van der Waals surface area contributed by atoms with Crippen LogP contribution >= 0.6 is 0 Å². The first-order valence-electron chi connectivity index (χ1n) is 5.71. The summed E-state index contributed by atoms with van der Waals surface area (Å²) in [6.07, 6.45) is 0.874. The fraction of sp³-hybridized carbons (Fsp3) is 0.818. The minimum atomic E-state index is -0.977. The smallest absolute Gasteiger partial charge is 0.323 e. The standard InChI is InChI=1S/C11H22N2O3/c1-5-7-12(6-2)11(16)13(9(3)4)8-10(14)15/h9H,5-8H2,1-4H3,(H,14,15). The van der Waals surface area contributed by atoms with Gasteiger partial charge in [-0.2, -0.15) is 0 Å². The molecule has 1 N–H and O–H groups in total. The quantitative estimate of drug-likeness (QED) is 0.754. The van der Waals surface area contributed by atoms with Gasteiger partial charge in [-0.05, 0) is 27.2 Å². The van der Waals surface area contributed by atoms with E-state index in [2.05, 4.69) is 0 Å². The second-order valence-corrected chi connectivity index (χ2v) is 3.98. The molecule has 0 aromatic carbocycles. The largest absolute Gasteiger partial charge is 0.480 e. The third-order valence-electron chi connectivity index (χ3n) is 2.32. The third-order valence-corrected chi connectivity index (χ3v) is 2.32. The van der Waals surface area contributed by atoms with Crippen LogP contribution < -0.4 is 0 Å². The molecule has 0 saturated carbocycles. The zero-order chi connectivity index (χ0) is 12.7. The fourth-order valence-corrected chi connectivity index (χ4v) is 1.46. The van der Waals surface area contributed by atoms with Gasteiger partial charge in [-0.15, -0.1) is 0 Å². The van der Waals surface area contributed by atoms with E-state index in [0.29, 0.717) is 13.1 Å². The summed E-state index contributed by atoms with van der Waals surface area (Å²) < 4.78 is 0. The zero-order valence-electron chi connectivity index (χ0n) is 10.6. The van der Waals surface area contributed by atoms with Gasteiger partial charge >= 0.3 is 12.0 Å². The Labute approximate surface area is 97.0 Å². The molecule has 16 heavy (non-hydrogen) atoms. The van der Waals surface area contributed by atoms with E-state index < -0.39 is 5.97 Å². The van der Waals surface area contributed by atoms with Gasteiger partial charge in [0.05, 0.1) is 0 Å². The molecule has 0 spiro atoms. The lowest BCUT2D eigenvalue weighted by molar-refractivity contribution is -0.138. The molecule has 5 nitrogen and oxygen atoms in total. The van der Waals surface area contributed by atoms with Gasteiger partial charge < -0.3 is 14.9 Å². The Morgan fingerprint density at radius 2 is 1.81 bits per heavy atom. The van der Waals surface area contributed by atoms with Gasteiger partial charge in [0.15, 0.2) is 0 Å². The predicted octanol–water partition coefficient (Wildman–Crippen LogP) is 1.63. The van der Waals surface area contributed by atoms with Crippen LogP contribution in [0.3, 0.4) is 0 Å². The second-order valence-electron chi connectivity index (χ2n) is 3.98. The van der Waals surface area contributed by atoms with E-state index in [1.54, 1.807) is 4.90 Å². The summed E-state index contributed by atoms with van der Waals surface area (Å²) in [6.45, 7) is 8.56. The first kappa shape index (κ1) is 14.7. The number of carboxylic acid groups (broad SMARTS) is 1. The van der Waals surface area contributed by atoms with Crippen molar-refractivity contribution in [3.63, 3.8) is 0 Å². The molecule has 0 heterocycles. The summed E-state index contributed by atoms with van der Waals surface area (Å²) in [5.74, 6) is -0.977. The Bertz CT molecular complexity index is 241. The summed E-state index contributed by atoms with van der Waals surface area (Å²) in [4.78, 5) is 25.8. The molecular formula is C11H22N2O3. The average molecular weight is 230 g/mol. The zero-order valence-corrected chi connectivity index (χ0v) is 10.6. The van der Waals surface area contributed by atoms with E-state index in [9.17, 15) is 9.59 Å². The van der Waals surface area contributed by atoms with Crippen molar-refractivity contribution in [2.24, 2.45) is 0 Å². The molecule has 0 aromatic rings. The predicted molar refractivity (Wildman–Crippen MR) is 62.4 cm³/mol. The maximum Gasteiger partial charge on any atom is 0.323 e. The number of hydrogen-bond donors (Lipinski definition) is 1. The minimum Gasteiger partial charge on any atom is -0.480 e. The van der Waals surface area contributed by atoms with Crippen LogP contribution in [-0.4, -0.2) is 52.6 Å². The molecule has 0 atom stereocenters. The molecule has 0 aliphatic carbocycles. The van der Waals surface area contributed by atoms with Gasteiger partial charge in [-0.25, -0.2) is 4.79 Å². The SMILES string of the molecule is CCCN(CC)C(=O)N(CC(=O)O)C(C)C. The van der Waals surface area contributed by atoms with Crippen molar-refractivity contribution in [2.45, 2.75) is 40.2 Å². The van der Waals surface area contributed by atoms with E-state index in [1.807, 2.05) is 27.7 Å². The molecule has 0 aliphatic rings. The number of hydrogen-bond acceptors (Lipinski definition) is 2. The fourth-order valence-electron chi connectivity index (χ4n) is 1.46. The summed E-state index contributed by atoms with van der Waals surface area (Å²) in [7, 11) is 0. The molecule has 0 fully saturated rings. The molecule has 2 amide bonds. The van der Waals surface area contributed by atoms with E-state index in [0.717, 1.165) is 6.42 Å². The maximum atomic E-state index is 12.0. The van der Waals surface area contributed by atoms with Crippen molar-refractivity contribution in [1.82, 2.24) is 9.80 Å². The highest BCUT2D eigenvalue weighted by Gasteiger charge is 2.23. The van der Waals surface area contributed by atoms with Crippen LogP contribution in [0.4, 0.5) is 4.79 Å². The summed E-state index contributed by atoms with van der Waals surface area (Å²) in [6, 6.07) is -0.295. The van der Waals surface area contributed by atoms with Gasteiger partial charge in [-0.1, -0.05) is 6.92 Å². The van der Waals surface area contributed by atoms with Gasteiger partial charge in [-0.3, -0.25) is 4.79 Å². The summed E-state index contributed by atoms with van der Waals surface area (Å²) >= 11 is 0. The average Bonchev–Trinajstić information content (AvgIpc) is 2.21. The third kappa shape index (κ3) is 4.51. The Morgan fingerprint density at radius 3 is 2.12 bits per heavy atom. The van der Waals surface area contributed by atoms with Crippen LogP contribution in [0.1, 0.15) is 34.1 Å². The van der Waals surface area contributed by atoms with Crippen molar-refractivity contribution in [3.8, 4) is 0 Å². The van der Waals surface area contributed by atoms with E-state index in [-0.39, 0.29) is 18.6 Å². The van der Waals surface area contributed by atoms with Gasteiger partial charge in [0.2, 0.25) is 0 Å². The van der Waals surface area contributed by atoms with Gasteiger partial charge in [0.1, 0.15) is 6.54 Å². The van der Waals surface area contributed by atoms with Gasteiger partial charge in [0, 0.05) is 19.1 Å². The molecule has 5 heteroatoms. The molecule has 94 valence electrons. The lowest BCUT2D eigenvalue weighted by Crippen LogP contribution is -2.48. The molecule has 0 rings (SSSR count). The second kappa shape index (κ2) is 7.09. The molecule has 0 bridgehead atoms. The molecule has 0 unspecified atom stereocenters. The van der Waals surface area contributed by atoms with E-state index in [1.165, 1.54) is 4.90 Å². The first-order chi connectivity index (χ1) is 7.43. The highest BCUT2D eigenvalue weighted by molar-refractivity contribution is 5.80. The van der Waals surface area contributed by atoms with Crippen molar-refractivity contribution in [3.05, 3.63) is 0 Å². The molecule has 0 radical (unpaired) electrons. The number of carboxylic acids is 1. The van der Waals surface area contributed by atoms with Gasteiger partial charge in [0.25, 0.3) is 0 Å². The summed E-state index contributed by atoms with van der Waals surface area (Å²) in [5, 5.41) is 8.75. The lowest BCUT2D eigenvalue weighted by Gasteiger charge is -2.31. The van der Waals surface area contributed by atoms with Crippen molar-refractivity contribution in [1.29, 1.82) is 0 Å². The lowest BCUT2D eigenvalue weighted by atomic mass is 10.3. The topological polar surface area (TPSA) is 60.9 Å². The van der Waals surface area contributed by atoms with Crippen molar-refractivity contribution >= 4 is 12.0 Å². The number of rotatable bonds is 6. The molecular weight excluding hydrogens is 208 g/mol. The number of urea groups is 1. The normalized spacial score (nSPS) is 10.3. The van der Waals surface area contributed by atoms with Crippen LogP contribution in [0.5, 0.6) is 0 Å². The highest BCUT2D eigenvalue weighted by atomic mass is 16.4. The van der Waals surface area contributed by atoms with Crippen molar-refractivity contribution in [2.75, 3.05) is 19.6 Å². The van der Waals surface area contributed by atoms with E-state index in [4.69, 9.17) is 5.11 Å². The Kier molecular flexibility index (Phi) is 6.53. The Hall–Kier alpha value is -1.26. The first-order valence-corrected chi connectivity index (χ1v) is 5.71. The number of carbonyl (C=O) groups excluding carboxylic acids is 1. The molecule has 0 aliphatic heterocycles. The van der Waals surface area contributed by atoms with Crippen LogP contribution in [0, 0.1) is 0 Å². The summed E-state index contributed by atoms with van der Waals surface area (Å²) in [5.41, 5.74) is 0. The number of aliphatic carboxylic acids is 1. The van der Waals surface area contributed by atoms with Crippen LogP contribution in [0.2, 0.25) is 0 Å². The molecule has 0 aromatic heterocycles. The monoisotopic (exact) mass is 230 g/mol. The molecule has 0 saturated heterocycles. The maximum absolute atomic E-state index is 12.0. The van der Waals surface area contributed by atoms with Crippen LogP contribution in [0.25, 0.3) is 0 Å².